The summed E-state index contributed by atoms with van der Waals surface area (Å²) in [6.07, 6.45) is -0.217. The Hall–Kier alpha value is -2.11. The molecule has 0 saturated carbocycles. The van der Waals surface area contributed by atoms with Crippen LogP contribution in [0.1, 0.15) is 24.1 Å². The average molecular weight is 267 g/mol. The van der Waals surface area contributed by atoms with E-state index in [-0.39, 0.29) is 6.04 Å². The fourth-order valence-corrected chi connectivity index (χ4v) is 1.60. The van der Waals surface area contributed by atoms with Gasteiger partial charge in [-0.05, 0) is 36.8 Å². The minimum atomic E-state index is -4.36. The number of alkyl halides is 3. The van der Waals surface area contributed by atoms with Gasteiger partial charge in [0.1, 0.15) is 5.82 Å². The van der Waals surface area contributed by atoms with Gasteiger partial charge in [-0.1, -0.05) is 0 Å². The van der Waals surface area contributed by atoms with E-state index in [9.17, 15) is 13.2 Å². The van der Waals surface area contributed by atoms with Crippen molar-refractivity contribution in [3.63, 3.8) is 0 Å². The second-order valence-electron chi connectivity index (χ2n) is 4.08. The van der Waals surface area contributed by atoms with E-state index >= 15 is 0 Å². The van der Waals surface area contributed by atoms with E-state index in [1.165, 1.54) is 6.07 Å². The van der Waals surface area contributed by atoms with Crippen LogP contribution in [0.25, 0.3) is 0 Å². The van der Waals surface area contributed by atoms with Crippen molar-refractivity contribution < 1.29 is 13.2 Å². The van der Waals surface area contributed by atoms with Crippen molar-refractivity contribution >= 4 is 5.82 Å². The van der Waals surface area contributed by atoms with Crippen molar-refractivity contribution in [2.75, 3.05) is 5.32 Å². The fourth-order valence-electron chi connectivity index (χ4n) is 1.60. The predicted octanol–water partition coefficient (Wildman–Crippen LogP) is 3.67. The third-order valence-electron chi connectivity index (χ3n) is 2.66. The Bertz CT molecular complexity index is 523. The zero-order valence-electron chi connectivity index (χ0n) is 10.1. The molecule has 100 valence electrons. The summed E-state index contributed by atoms with van der Waals surface area (Å²) in [5, 5.41) is 3.03. The zero-order valence-corrected chi connectivity index (χ0v) is 10.1. The van der Waals surface area contributed by atoms with E-state index in [0.29, 0.717) is 5.82 Å². The number of rotatable bonds is 3. The van der Waals surface area contributed by atoms with Gasteiger partial charge in [-0.3, -0.25) is 4.98 Å². The molecular formula is C13H12F3N3. The molecular weight excluding hydrogens is 255 g/mol. The highest BCUT2D eigenvalue weighted by Gasteiger charge is 2.30. The van der Waals surface area contributed by atoms with E-state index in [1.807, 2.05) is 19.1 Å². The van der Waals surface area contributed by atoms with Crippen LogP contribution in [-0.2, 0) is 6.18 Å². The molecule has 3 nitrogen and oxygen atoms in total. The van der Waals surface area contributed by atoms with Crippen LogP contribution in [0.2, 0.25) is 0 Å². The van der Waals surface area contributed by atoms with Crippen molar-refractivity contribution in [3.8, 4) is 0 Å². The number of pyridine rings is 2. The third kappa shape index (κ3) is 3.43. The third-order valence-corrected chi connectivity index (χ3v) is 2.66. The lowest BCUT2D eigenvalue weighted by molar-refractivity contribution is -0.137. The maximum atomic E-state index is 12.4. The largest absolute Gasteiger partial charge is 0.417 e. The van der Waals surface area contributed by atoms with Gasteiger partial charge < -0.3 is 5.32 Å². The Labute approximate surface area is 108 Å². The summed E-state index contributed by atoms with van der Waals surface area (Å²) in [5.74, 6) is 0.400. The number of hydrogen-bond acceptors (Lipinski definition) is 3. The van der Waals surface area contributed by atoms with Crippen molar-refractivity contribution in [1.29, 1.82) is 0 Å². The molecule has 0 spiro atoms. The van der Waals surface area contributed by atoms with E-state index in [2.05, 4.69) is 15.3 Å². The summed E-state index contributed by atoms with van der Waals surface area (Å²) in [7, 11) is 0. The second kappa shape index (κ2) is 5.26. The van der Waals surface area contributed by atoms with Gasteiger partial charge in [0.25, 0.3) is 0 Å². The Morgan fingerprint density at radius 1 is 1.11 bits per heavy atom. The molecule has 2 aromatic heterocycles. The van der Waals surface area contributed by atoms with Crippen LogP contribution in [0.3, 0.4) is 0 Å². The summed E-state index contributed by atoms with van der Waals surface area (Å²) >= 11 is 0. The summed E-state index contributed by atoms with van der Waals surface area (Å²) < 4.78 is 37.1. The number of hydrogen-bond donors (Lipinski definition) is 1. The number of nitrogens with zero attached hydrogens (tertiary/aromatic N) is 2. The van der Waals surface area contributed by atoms with E-state index in [1.54, 1.807) is 12.4 Å². The maximum Gasteiger partial charge on any atom is 0.417 e. The van der Waals surface area contributed by atoms with Crippen LogP contribution in [0, 0.1) is 0 Å². The normalized spacial score (nSPS) is 13.1. The van der Waals surface area contributed by atoms with Crippen molar-refractivity contribution in [2.24, 2.45) is 0 Å². The number of aromatic nitrogens is 2. The van der Waals surface area contributed by atoms with E-state index in [0.717, 1.165) is 17.8 Å². The molecule has 19 heavy (non-hydrogen) atoms. The molecule has 2 heterocycles. The lowest BCUT2D eigenvalue weighted by atomic mass is 10.1. The molecule has 1 atom stereocenters. The number of halogens is 3. The topological polar surface area (TPSA) is 37.8 Å². The summed E-state index contributed by atoms with van der Waals surface area (Å²) in [5.41, 5.74) is 0.228. The van der Waals surface area contributed by atoms with Gasteiger partial charge in [0.2, 0.25) is 0 Å². The first-order valence-electron chi connectivity index (χ1n) is 5.66. The van der Waals surface area contributed by atoms with E-state index in [4.69, 9.17) is 0 Å². The second-order valence-corrected chi connectivity index (χ2v) is 4.08. The monoisotopic (exact) mass is 267 g/mol. The molecule has 1 N–H and O–H groups in total. The summed E-state index contributed by atoms with van der Waals surface area (Å²) in [6, 6.07) is 5.94. The first-order chi connectivity index (χ1) is 8.97. The predicted molar refractivity (Wildman–Crippen MR) is 65.5 cm³/mol. The van der Waals surface area contributed by atoms with Gasteiger partial charge in [0.15, 0.2) is 0 Å². The molecule has 0 bridgehead atoms. The van der Waals surface area contributed by atoms with Crippen LogP contribution >= 0.6 is 0 Å². The molecule has 0 aliphatic carbocycles. The standard InChI is InChI=1S/C13H12F3N3/c1-9(10-4-6-17-7-5-10)19-12-3-2-11(8-18-12)13(14,15)16/h2-9H,1H3,(H,18,19)/t9-/m0/s1. The average Bonchev–Trinajstić information content (AvgIpc) is 2.39. The summed E-state index contributed by atoms with van der Waals surface area (Å²) in [4.78, 5) is 7.67. The molecule has 0 aromatic carbocycles. The lowest BCUT2D eigenvalue weighted by Gasteiger charge is -2.15. The Balaban J connectivity index is 2.08. The molecule has 2 aromatic rings. The Morgan fingerprint density at radius 3 is 2.32 bits per heavy atom. The van der Waals surface area contributed by atoms with Crippen molar-refractivity contribution in [2.45, 2.75) is 19.1 Å². The highest BCUT2D eigenvalue weighted by Crippen LogP contribution is 2.29. The molecule has 6 heteroatoms. The van der Waals surface area contributed by atoms with Crippen LogP contribution in [0.5, 0.6) is 0 Å². The van der Waals surface area contributed by atoms with Gasteiger partial charge in [-0.15, -0.1) is 0 Å². The van der Waals surface area contributed by atoms with Crippen LogP contribution in [0.4, 0.5) is 19.0 Å². The van der Waals surface area contributed by atoms with Crippen molar-refractivity contribution in [1.82, 2.24) is 9.97 Å². The quantitative estimate of drug-likeness (QED) is 0.922. The van der Waals surface area contributed by atoms with Gasteiger partial charge in [-0.2, -0.15) is 13.2 Å². The molecule has 0 aliphatic heterocycles. The molecule has 0 saturated heterocycles. The smallest absolute Gasteiger partial charge is 0.364 e. The van der Waals surface area contributed by atoms with Crippen LogP contribution < -0.4 is 5.32 Å². The van der Waals surface area contributed by atoms with Gasteiger partial charge in [-0.25, -0.2) is 4.98 Å². The van der Waals surface area contributed by atoms with Gasteiger partial charge in [0.05, 0.1) is 11.6 Å². The summed E-state index contributed by atoms with van der Waals surface area (Å²) in [6.45, 7) is 1.90. The van der Waals surface area contributed by atoms with Gasteiger partial charge in [0, 0.05) is 18.6 Å². The first-order valence-corrected chi connectivity index (χ1v) is 5.66. The van der Waals surface area contributed by atoms with Crippen molar-refractivity contribution in [3.05, 3.63) is 54.0 Å². The minimum absolute atomic E-state index is 0.0627. The Kier molecular flexibility index (Phi) is 3.69. The number of nitrogens with one attached hydrogen (secondary N) is 1. The van der Waals surface area contributed by atoms with Crippen LogP contribution in [0.15, 0.2) is 42.9 Å². The number of anilines is 1. The zero-order chi connectivity index (χ0) is 13.9. The fraction of sp³-hybridized carbons (Fsp3) is 0.231. The lowest BCUT2D eigenvalue weighted by Crippen LogP contribution is -2.10. The molecule has 0 radical (unpaired) electrons. The molecule has 0 aliphatic rings. The Morgan fingerprint density at radius 2 is 1.79 bits per heavy atom. The van der Waals surface area contributed by atoms with E-state index < -0.39 is 11.7 Å². The SMILES string of the molecule is C[C@H](Nc1ccc(C(F)(F)F)cn1)c1ccncc1. The maximum absolute atomic E-state index is 12.4. The molecule has 0 amide bonds. The highest BCUT2D eigenvalue weighted by molar-refractivity contribution is 5.39. The first kappa shape index (κ1) is 13.3. The minimum Gasteiger partial charge on any atom is -0.364 e. The van der Waals surface area contributed by atoms with Crippen LogP contribution in [-0.4, -0.2) is 9.97 Å². The van der Waals surface area contributed by atoms with Gasteiger partial charge >= 0.3 is 6.18 Å². The molecule has 2 rings (SSSR count). The molecule has 0 fully saturated rings. The molecule has 0 unspecified atom stereocenters. The highest BCUT2D eigenvalue weighted by atomic mass is 19.4.